The van der Waals surface area contributed by atoms with Gasteiger partial charge in [-0.25, -0.2) is 0 Å². The van der Waals surface area contributed by atoms with Gasteiger partial charge in [0.15, 0.2) is 0 Å². The van der Waals surface area contributed by atoms with E-state index in [2.05, 4.69) is 0 Å². The van der Waals surface area contributed by atoms with Gasteiger partial charge in [-0.05, 0) is 41.1 Å². The van der Waals surface area contributed by atoms with Gasteiger partial charge in [-0.2, -0.15) is 0 Å². The van der Waals surface area contributed by atoms with Crippen LogP contribution in [0.2, 0.25) is 5.02 Å². The fourth-order valence-electron chi connectivity index (χ4n) is 1.90. The van der Waals surface area contributed by atoms with Gasteiger partial charge in [-0.3, -0.25) is 0 Å². The predicted octanol–water partition coefficient (Wildman–Crippen LogP) is 4.84. The number of phenols is 1. The van der Waals surface area contributed by atoms with Gasteiger partial charge >= 0.3 is 0 Å². The van der Waals surface area contributed by atoms with E-state index in [0.717, 1.165) is 15.6 Å². The molecule has 0 aliphatic heterocycles. The second kappa shape index (κ2) is 5.11. The zero-order valence-electron chi connectivity index (χ0n) is 9.97. The van der Waals surface area contributed by atoms with Crippen molar-refractivity contribution in [3.8, 4) is 11.5 Å². The molecule has 0 unspecified atom stereocenters. The second-order valence-corrected chi connectivity index (χ2v) is 5.48. The third kappa shape index (κ3) is 2.53. The number of aromatic hydroxyl groups is 1. The molecule has 3 aromatic rings. The van der Waals surface area contributed by atoms with Crippen molar-refractivity contribution in [3.05, 3.63) is 58.4 Å². The van der Waals surface area contributed by atoms with Crippen LogP contribution in [-0.4, -0.2) is 5.11 Å². The molecule has 0 amide bonds. The maximum atomic E-state index is 9.44. The van der Waals surface area contributed by atoms with Crippen LogP contribution in [0.4, 0.5) is 0 Å². The van der Waals surface area contributed by atoms with Crippen LogP contribution in [-0.2, 0) is 6.61 Å². The molecule has 0 saturated carbocycles. The molecule has 0 aliphatic carbocycles. The maximum Gasteiger partial charge on any atom is 0.138 e. The first kappa shape index (κ1) is 12.3. The number of fused-ring (bicyclic) bond motifs is 1. The SMILES string of the molecule is Oc1ccc2c(COc3ccccc3Cl)csc2c1. The largest absolute Gasteiger partial charge is 0.508 e. The van der Waals surface area contributed by atoms with E-state index in [1.54, 1.807) is 29.5 Å². The number of rotatable bonds is 3. The monoisotopic (exact) mass is 290 g/mol. The highest BCUT2D eigenvalue weighted by atomic mass is 35.5. The summed E-state index contributed by atoms with van der Waals surface area (Å²) in [6.07, 6.45) is 0. The van der Waals surface area contributed by atoms with E-state index in [-0.39, 0.29) is 5.75 Å². The molecule has 19 heavy (non-hydrogen) atoms. The average Bonchev–Trinajstić information content (AvgIpc) is 2.80. The predicted molar refractivity (Wildman–Crippen MR) is 79.3 cm³/mol. The number of para-hydroxylation sites is 1. The molecule has 4 heteroatoms. The summed E-state index contributed by atoms with van der Waals surface area (Å²) in [6.45, 7) is 0.467. The summed E-state index contributed by atoms with van der Waals surface area (Å²) < 4.78 is 6.79. The van der Waals surface area contributed by atoms with Gasteiger partial charge < -0.3 is 9.84 Å². The third-order valence-corrected chi connectivity index (χ3v) is 4.17. The van der Waals surface area contributed by atoms with Crippen LogP contribution < -0.4 is 4.74 Å². The minimum absolute atomic E-state index is 0.285. The Bertz CT molecular complexity index is 721. The van der Waals surface area contributed by atoms with Crippen molar-refractivity contribution in [3.63, 3.8) is 0 Å². The third-order valence-electron chi connectivity index (χ3n) is 2.86. The molecule has 0 bridgehead atoms. The standard InChI is InChI=1S/C15H11ClO2S/c16-13-3-1-2-4-14(13)18-8-10-9-19-15-7-11(17)5-6-12(10)15/h1-7,9,17H,8H2. The maximum absolute atomic E-state index is 9.44. The van der Waals surface area contributed by atoms with Crippen LogP contribution in [0, 0.1) is 0 Å². The molecule has 0 saturated heterocycles. The van der Waals surface area contributed by atoms with Crippen molar-refractivity contribution in [1.29, 1.82) is 0 Å². The van der Waals surface area contributed by atoms with Gasteiger partial charge in [0.05, 0.1) is 5.02 Å². The van der Waals surface area contributed by atoms with Crippen molar-refractivity contribution in [2.45, 2.75) is 6.61 Å². The van der Waals surface area contributed by atoms with E-state index in [0.29, 0.717) is 17.4 Å². The lowest BCUT2D eigenvalue weighted by atomic mass is 10.2. The van der Waals surface area contributed by atoms with E-state index in [9.17, 15) is 5.11 Å². The molecular weight excluding hydrogens is 280 g/mol. The smallest absolute Gasteiger partial charge is 0.138 e. The van der Waals surface area contributed by atoms with E-state index in [4.69, 9.17) is 16.3 Å². The minimum Gasteiger partial charge on any atom is -0.508 e. The first-order chi connectivity index (χ1) is 9.24. The van der Waals surface area contributed by atoms with Crippen molar-refractivity contribution >= 4 is 33.0 Å². The van der Waals surface area contributed by atoms with Gasteiger partial charge in [0, 0.05) is 10.3 Å². The Balaban J connectivity index is 1.84. The Morgan fingerprint density at radius 1 is 1.16 bits per heavy atom. The number of hydrogen-bond donors (Lipinski definition) is 1. The number of halogens is 1. The second-order valence-electron chi connectivity index (χ2n) is 4.16. The number of thiophene rings is 1. The summed E-state index contributed by atoms with van der Waals surface area (Å²) in [4.78, 5) is 0. The fourth-order valence-corrected chi connectivity index (χ4v) is 3.07. The van der Waals surface area contributed by atoms with Gasteiger partial charge in [0.25, 0.3) is 0 Å². The minimum atomic E-state index is 0.285. The summed E-state index contributed by atoms with van der Waals surface area (Å²) >= 11 is 7.64. The van der Waals surface area contributed by atoms with Crippen LogP contribution in [0.25, 0.3) is 10.1 Å². The average molecular weight is 291 g/mol. The Kier molecular flexibility index (Phi) is 3.32. The summed E-state index contributed by atoms with van der Waals surface area (Å²) in [6, 6.07) is 12.8. The molecule has 0 fully saturated rings. The summed E-state index contributed by atoms with van der Waals surface area (Å²) in [7, 11) is 0. The normalized spacial score (nSPS) is 10.8. The fraction of sp³-hybridized carbons (Fsp3) is 0.0667. The zero-order chi connectivity index (χ0) is 13.2. The molecule has 96 valence electrons. The van der Waals surface area contributed by atoms with Crippen molar-refractivity contribution in [2.24, 2.45) is 0 Å². The number of hydrogen-bond acceptors (Lipinski definition) is 3. The van der Waals surface area contributed by atoms with Crippen LogP contribution in [0.5, 0.6) is 11.5 Å². The molecule has 1 aromatic heterocycles. The van der Waals surface area contributed by atoms with Crippen LogP contribution in [0.3, 0.4) is 0 Å². The van der Waals surface area contributed by atoms with Crippen molar-refractivity contribution in [1.82, 2.24) is 0 Å². The Morgan fingerprint density at radius 2 is 2.00 bits per heavy atom. The number of phenolic OH excluding ortho intramolecular Hbond substituents is 1. The van der Waals surface area contributed by atoms with Crippen LogP contribution >= 0.6 is 22.9 Å². The zero-order valence-corrected chi connectivity index (χ0v) is 11.5. The summed E-state index contributed by atoms with van der Waals surface area (Å²) in [5.74, 6) is 0.968. The molecular formula is C15H11ClO2S. The Morgan fingerprint density at radius 3 is 2.84 bits per heavy atom. The van der Waals surface area contributed by atoms with E-state index < -0.39 is 0 Å². The molecule has 1 heterocycles. The lowest BCUT2D eigenvalue weighted by molar-refractivity contribution is 0.308. The first-order valence-electron chi connectivity index (χ1n) is 5.80. The van der Waals surface area contributed by atoms with Gasteiger partial charge in [-0.1, -0.05) is 23.7 Å². The quantitative estimate of drug-likeness (QED) is 0.748. The highest BCUT2D eigenvalue weighted by molar-refractivity contribution is 7.17. The molecule has 0 atom stereocenters. The Labute approximate surface area is 119 Å². The molecule has 0 radical (unpaired) electrons. The topological polar surface area (TPSA) is 29.5 Å². The van der Waals surface area contributed by atoms with E-state index >= 15 is 0 Å². The Hall–Kier alpha value is -1.71. The van der Waals surface area contributed by atoms with Gasteiger partial charge in [0.2, 0.25) is 0 Å². The summed E-state index contributed by atoms with van der Waals surface area (Å²) in [5, 5.41) is 13.2. The van der Waals surface area contributed by atoms with Gasteiger partial charge in [-0.15, -0.1) is 11.3 Å². The van der Waals surface area contributed by atoms with E-state index in [1.807, 2.05) is 29.6 Å². The summed E-state index contributed by atoms with van der Waals surface area (Å²) in [5.41, 5.74) is 1.10. The van der Waals surface area contributed by atoms with Gasteiger partial charge in [0.1, 0.15) is 18.1 Å². The van der Waals surface area contributed by atoms with Crippen LogP contribution in [0.15, 0.2) is 47.8 Å². The van der Waals surface area contributed by atoms with Crippen LogP contribution in [0.1, 0.15) is 5.56 Å². The number of ether oxygens (including phenoxy) is 1. The highest BCUT2D eigenvalue weighted by Crippen LogP contribution is 2.31. The molecule has 2 aromatic carbocycles. The van der Waals surface area contributed by atoms with Crippen molar-refractivity contribution in [2.75, 3.05) is 0 Å². The first-order valence-corrected chi connectivity index (χ1v) is 7.06. The molecule has 0 spiro atoms. The molecule has 1 N–H and O–H groups in total. The molecule has 2 nitrogen and oxygen atoms in total. The molecule has 0 aliphatic rings. The van der Waals surface area contributed by atoms with Crippen molar-refractivity contribution < 1.29 is 9.84 Å². The number of benzene rings is 2. The lowest BCUT2D eigenvalue weighted by Gasteiger charge is -2.07. The van der Waals surface area contributed by atoms with E-state index in [1.165, 1.54) is 0 Å². The highest BCUT2D eigenvalue weighted by Gasteiger charge is 2.06. The molecule has 3 rings (SSSR count). The lowest BCUT2D eigenvalue weighted by Crippen LogP contribution is -1.94.